The number of carboxylic acid groups (broad SMARTS) is 1. The summed E-state index contributed by atoms with van der Waals surface area (Å²) in [6, 6.07) is 5.12. The van der Waals surface area contributed by atoms with Crippen LogP contribution in [0.4, 0.5) is 0 Å². The number of nitrogens with zero attached hydrogens (tertiary/aromatic N) is 1. The van der Waals surface area contributed by atoms with Crippen LogP contribution in [0.2, 0.25) is 0 Å². The van der Waals surface area contributed by atoms with E-state index in [1.165, 1.54) is 0 Å². The Hall–Kier alpha value is -2.56. The van der Waals surface area contributed by atoms with E-state index in [1.807, 2.05) is 6.08 Å². The maximum Gasteiger partial charge on any atom is 0.356 e. The number of phenols is 1. The quantitative estimate of drug-likeness (QED) is 0.748. The molecule has 1 atom stereocenters. The minimum atomic E-state index is -1.03. The van der Waals surface area contributed by atoms with Gasteiger partial charge in [-0.3, -0.25) is 5.10 Å². The average molecular weight is 270 g/mol. The second kappa shape index (κ2) is 4.52. The lowest BCUT2D eigenvalue weighted by Gasteiger charge is -2.24. The molecule has 5 nitrogen and oxygen atoms in total. The first-order valence-electron chi connectivity index (χ1n) is 6.36. The first-order valence-corrected chi connectivity index (χ1v) is 6.36. The van der Waals surface area contributed by atoms with Crippen molar-refractivity contribution in [1.82, 2.24) is 10.2 Å². The zero-order valence-electron chi connectivity index (χ0n) is 10.8. The van der Waals surface area contributed by atoms with Gasteiger partial charge in [0.2, 0.25) is 0 Å². The highest BCUT2D eigenvalue weighted by atomic mass is 16.4. The molecule has 2 aromatic rings. The second-order valence-corrected chi connectivity index (χ2v) is 4.93. The first kappa shape index (κ1) is 12.5. The third kappa shape index (κ3) is 1.79. The van der Waals surface area contributed by atoms with Crippen LogP contribution < -0.4 is 0 Å². The Morgan fingerprint density at radius 1 is 1.55 bits per heavy atom. The number of H-pyrrole nitrogens is 1. The number of aromatic amines is 1. The number of nitrogens with one attached hydrogen (secondary N) is 1. The van der Waals surface area contributed by atoms with Crippen molar-refractivity contribution in [2.45, 2.75) is 18.8 Å². The Morgan fingerprint density at radius 2 is 2.35 bits per heavy atom. The van der Waals surface area contributed by atoms with E-state index in [-0.39, 0.29) is 17.4 Å². The molecule has 0 saturated heterocycles. The summed E-state index contributed by atoms with van der Waals surface area (Å²) >= 11 is 0. The predicted octanol–water partition coefficient (Wildman–Crippen LogP) is 2.70. The summed E-state index contributed by atoms with van der Waals surface area (Å²) in [6.07, 6.45) is 3.11. The number of rotatable bonds is 3. The fourth-order valence-corrected chi connectivity index (χ4v) is 2.85. The van der Waals surface area contributed by atoms with Crippen molar-refractivity contribution in [1.29, 1.82) is 0 Å². The summed E-state index contributed by atoms with van der Waals surface area (Å²) in [6.45, 7) is 3.75. The predicted molar refractivity (Wildman–Crippen MR) is 73.9 cm³/mol. The van der Waals surface area contributed by atoms with E-state index in [2.05, 4.69) is 16.8 Å². The van der Waals surface area contributed by atoms with Crippen LogP contribution in [0.5, 0.6) is 5.75 Å². The molecule has 1 aliphatic carbocycles. The van der Waals surface area contributed by atoms with Gasteiger partial charge in [0.1, 0.15) is 5.75 Å². The maximum atomic E-state index is 11.2. The van der Waals surface area contributed by atoms with Gasteiger partial charge in [-0.25, -0.2) is 4.79 Å². The second-order valence-electron chi connectivity index (χ2n) is 4.93. The monoisotopic (exact) mass is 270 g/mol. The summed E-state index contributed by atoms with van der Waals surface area (Å²) in [5.41, 5.74) is 3.43. The van der Waals surface area contributed by atoms with Crippen LogP contribution in [0.25, 0.3) is 11.3 Å². The minimum Gasteiger partial charge on any atom is -0.508 e. The standard InChI is InChI=1S/C15H14N2O3/c1-2-3-8-6-12-13(16-17-14(12)15(19)20)10-5-4-9(18)7-11(8)10/h2,4-5,7-8,18H,1,3,6H2,(H,16,17)(H,19,20). The number of allylic oxidation sites excluding steroid dienone is 1. The molecule has 3 rings (SSSR count). The largest absolute Gasteiger partial charge is 0.508 e. The Kier molecular flexibility index (Phi) is 2.82. The van der Waals surface area contributed by atoms with E-state index in [1.54, 1.807) is 18.2 Å². The van der Waals surface area contributed by atoms with E-state index in [4.69, 9.17) is 0 Å². The number of hydrogen-bond donors (Lipinski definition) is 3. The molecular weight excluding hydrogens is 256 g/mol. The van der Waals surface area contributed by atoms with Crippen LogP contribution in [0, 0.1) is 0 Å². The summed E-state index contributed by atoms with van der Waals surface area (Å²) < 4.78 is 0. The number of benzene rings is 1. The molecule has 1 unspecified atom stereocenters. The van der Waals surface area contributed by atoms with Gasteiger partial charge in [0.05, 0.1) is 5.69 Å². The summed E-state index contributed by atoms with van der Waals surface area (Å²) in [4.78, 5) is 11.2. The maximum absolute atomic E-state index is 11.2. The number of carboxylic acids is 1. The van der Waals surface area contributed by atoms with Gasteiger partial charge >= 0.3 is 5.97 Å². The van der Waals surface area contributed by atoms with E-state index in [9.17, 15) is 15.0 Å². The third-order valence-electron chi connectivity index (χ3n) is 3.72. The van der Waals surface area contributed by atoms with E-state index in [0.29, 0.717) is 6.42 Å². The SMILES string of the molecule is C=CCC1Cc2c(C(=O)O)n[nH]c2-c2ccc(O)cc21. The molecule has 0 saturated carbocycles. The zero-order chi connectivity index (χ0) is 14.3. The van der Waals surface area contributed by atoms with Gasteiger partial charge in [-0.15, -0.1) is 6.58 Å². The number of aromatic carboxylic acids is 1. The summed E-state index contributed by atoms with van der Waals surface area (Å²) in [5, 5.41) is 25.6. The van der Waals surface area contributed by atoms with Crippen LogP contribution in [-0.2, 0) is 6.42 Å². The molecule has 1 aromatic carbocycles. The zero-order valence-corrected chi connectivity index (χ0v) is 10.8. The number of carbonyl (C=O) groups is 1. The summed E-state index contributed by atoms with van der Waals surface area (Å²) in [7, 11) is 0. The van der Waals surface area contributed by atoms with Crippen LogP contribution in [-0.4, -0.2) is 26.4 Å². The molecule has 0 radical (unpaired) electrons. The normalized spacial score (nSPS) is 16.3. The van der Waals surface area contributed by atoms with Crippen LogP contribution in [0.15, 0.2) is 30.9 Å². The third-order valence-corrected chi connectivity index (χ3v) is 3.72. The van der Waals surface area contributed by atoms with Gasteiger partial charge in [-0.1, -0.05) is 6.08 Å². The van der Waals surface area contributed by atoms with Gasteiger partial charge in [-0.05, 0) is 42.5 Å². The van der Waals surface area contributed by atoms with Crippen molar-refractivity contribution in [3.05, 3.63) is 47.7 Å². The van der Waals surface area contributed by atoms with Crippen LogP contribution in [0.1, 0.15) is 34.0 Å². The molecule has 1 aromatic heterocycles. The number of phenolic OH excluding ortho intramolecular Hbond substituents is 1. The fraction of sp³-hybridized carbons (Fsp3) is 0.200. The molecule has 20 heavy (non-hydrogen) atoms. The average Bonchev–Trinajstić information content (AvgIpc) is 2.83. The Morgan fingerprint density at radius 3 is 3.05 bits per heavy atom. The lowest BCUT2D eigenvalue weighted by atomic mass is 9.79. The van der Waals surface area contributed by atoms with Crippen molar-refractivity contribution < 1.29 is 15.0 Å². The molecular formula is C15H14N2O3. The Labute approximate surface area is 115 Å². The van der Waals surface area contributed by atoms with Gasteiger partial charge in [-0.2, -0.15) is 5.10 Å². The molecule has 1 heterocycles. The molecule has 5 heteroatoms. The van der Waals surface area contributed by atoms with Gasteiger partial charge in [0, 0.05) is 11.1 Å². The van der Waals surface area contributed by atoms with Crippen molar-refractivity contribution in [3.63, 3.8) is 0 Å². The van der Waals surface area contributed by atoms with Gasteiger partial charge in [0.15, 0.2) is 5.69 Å². The number of aromatic nitrogens is 2. The number of fused-ring (bicyclic) bond motifs is 3. The molecule has 0 aliphatic heterocycles. The van der Waals surface area contributed by atoms with Crippen molar-refractivity contribution in [3.8, 4) is 17.0 Å². The molecule has 0 fully saturated rings. The van der Waals surface area contributed by atoms with Crippen LogP contribution >= 0.6 is 0 Å². The highest BCUT2D eigenvalue weighted by molar-refractivity contribution is 5.90. The summed E-state index contributed by atoms with van der Waals surface area (Å²) in [5.74, 6) is -0.709. The Balaban J connectivity index is 2.21. The van der Waals surface area contributed by atoms with E-state index >= 15 is 0 Å². The molecule has 0 spiro atoms. The molecule has 0 amide bonds. The number of hydrogen-bond acceptors (Lipinski definition) is 3. The highest BCUT2D eigenvalue weighted by Gasteiger charge is 2.30. The molecule has 0 bridgehead atoms. The van der Waals surface area contributed by atoms with Crippen molar-refractivity contribution >= 4 is 5.97 Å². The molecule has 3 N–H and O–H groups in total. The lowest BCUT2D eigenvalue weighted by Crippen LogP contribution is -2.12. The topological polar surface area (TPSA) is 86.2 Å². The van der Waals surface area contributed by atoms with Crippen LogP contribution in [0.3, 0.4) is 0 Å². The van der Waals surface area contributed by atoms with Crippen molar-refractivity contribution in [2.75, 3.05) is 0 Å². The fourth-order valence-electron chi connectivity index (χ4n) is 2.85. The lowest BCUT2D eigenvalue weighted by molar-refractivity contribution is 0.0689. The van der Waals surface area contributed by atoms with Gasteiger partial charge in [0.25, 0.3) is 0 Å². The van der Waals surface area contributed by atoms with E-state index in [0.717, 1.165) is 28.8 Å². The molecule has 102 valence electrons. The Bertz CT molecular complexity index is 703. The van der Waals surface area contributed by atoms with Gasteiger partial charge < -0.3 is 10.2 Å². The van der Waals surface area contributed by atoms with Crippen molar-refractivity contribution in [2.24, 2.45) is 0 Å². The first-order chi connectivity index (χ1) is 9.61. The number of aromatic hydroxyl groups is 1. The molecule has 1 aliphatic rings. The van der Waals surface area contributed by atoms with E-state index < -0.39 is 5.97 Å². The smallest absolute Gasteiger partial charge is 0.356 e. The highest BCUT2D eigenvalue weighted by Crippen LogP contribution is 2.42. The minimum absolute atomic E-state index is 0.0767.